The van der Waals surface area contributed by atoms with Gasteiger partial charge in [0.1, 0.15) is 0 Å². The molecule has 0 rings (SSSR count). The molecule has 3 heteroatoms. The van der Waals surface area contributed by atoms with Crippen LogP contribution in [0.5, 0.6) is 0 Å². The van der Waals surface area contributed by atoms with Gasteiger partial charge in [-0.3, -0.25) is 0 Å². The molecule has 0 aliphatic carbocycles. The van der Waals surface area contributed by atoms with Crippen molar-refractivity contribution in [2.75, 3.05) is 4.43 Å². The largest absolute Gasteiger partial charge is 0.391 e. The molecule has 2 unspecified atom stereocenters. The molecular formula is C6H14INO. The van der Waals surface area contributed by atoms with Gasteiger partial charge < -0.3 is 10.8 Å². The van der Waals surface area contributed by atoms with Crippen LogP contribution in [-0.2, 0) is 0 Å². The minimum atomic E-state index is -0.314. The molecule has 0 aromatic heterocycles. The molecule has 0 amide bonds. The van der Waals surface area contributed by atoms with E-state index in [1.54, 1.807) is 0 Å². The topological polar surface area (TPSA) is 46.2 Å². The maximum atomic E-state index is 9.13. The highest BCUT2D eigenvalue weighted by molar-refractivity contribution is 14.1. The quantitative estimate of drug-likeness (QED) is 0.569. The third-order valence-electron chi connectivity index (χ3n) is 1.27. The van der Waals surface area contributed by atoms with Crippen LogP contribution in [0.25, 0.3) is 0 Å². The Hall–Kier alpha value is 0.650. The van der Waals surface area contributed by atoms with E-state index in [4.69, 9.17) is 10.8 Å². The zero-order valence-corrected chi connectivity index (χ0v) is 7.84. The Morgan fingerprint density at radius 1 is 1.67 bits per heavy atom. The summed E-state index contributed by atoms with van der Waals surface area (Å²) in [5.41, 5.74) is 5.58. The maximum absolute atomic E-state index is 9.13. The van der Waals surface area contributed by atoms with Crippen molar-refractivity contribution in [1.29, 1.82) is 0 Å². The van der Waals surface area contributed by atoms with Crippen LogP contribution < -0.4 is 5.73 Å². The molecule has 56 valence electrons. The van der Waals surface area contributed by atoms with Gasteiger partial charge in [-0.15, -0.1) is 0 Å². The average Bonchev–Trinajstić information content (AvgIpc) is 1.87. The molecular weight excluding hydrogens is 229 g/mol. The van der Waals surface area contributed by atoms with Gasteiger partial charge in [0, 0.05) is 10.5 Å². The van der Waals surface area contributed by atoms with E-state index in [1.807, 2.05) is 0 Å². The van der Waals surface area contributed by atoms with Crippen LogP contribution in [-0.4, -0.2) is 21.7 Å². The molecule has 2 nitrogen and oxygen atoms in total. The van der Waals surface area contributed by atoms with Crippen molar-refractivity contribution in [3.63, 3.8) is 0 Å². The lowest BCUT2D eigenvalue weighted by Gasteiger charge is -2.14. The predicted octanol–water partition coefficient (Wildman–Crippen LogP) is 0.910. The highest BCUT2D eigenvalue weighted by Crippen LogP contribution is 2.01. The summed E-state index contributed by atoms with van der Waals surface area (Å²) >= 11 is 2.14. The van der Waals surface area contributed by atoms with Crippen LogP contribution in [0, 0.1) is 0 Å². The van der Waals surface area contributed by atoms with Crippen LogP contribution in [0.4, 0.5) is 0 Å². The molecule has 0 aromatic rings. The summed E-state index contributed by atoms with van der Waals surface area (Å²) in [4.78, 5) is 0. The first kappa shape index (κ1) is 9.65. The Balaban J connectivity index is 3.32. The third-order valence-corrected chi connectivity index (χ3v) is 2.18. The average molecular weight is 243 g/mol. The first-order valence-electron chi connectivity index (χ1n) is 3.22. The fourth-order valence-electron chi connectivity index (χ4n) is 0.640. The SMILES string of the molecule is CCCC(N)C(O)CI. The molecule has 9 heavy (non-hydrogen) atoms. The van der Waals surface area contributed by atoms with Crippen molar-refractivity contribution < 1.29 is 5.11 Å². The van der Waals surface area contributed by atoms with Gasteiger partial charge in [0.15, 0.2) is 0 Å². The Morgan fingerprint density at radius 3 is 2.56 bits per heavy atom. The molecule has 0 saturated carbocycles. The zero-order valence-electron chi connectivity index (χ0n) is 5.68. The summed E-state index contributed by atoms with van der Waals surface area (Å²) in [6.45, 7) is 2.07. The highest BCUT2D eigenvalue weighted by Gasteiger charge is 2.10. The lowest BCUT2D eigenvalue weighted by molar-refractivity contribution is 0.166. The minimum absolute atomic E-state index is 0.0214. The molecule has 0 aromatic carbocycles. The molecule has 3 N–H and O–H groups in total. The molecule has 0 spiro atoms. The number of alkyl halides is 1. The molecule has 0 aliphatic rings. The van der Waals surface area contributed by atoms with E-state index in [0.29, 0.717) is 0 Å². The van der Waals surface area contributed by atoms with E-state index in [9.17, 15) is 0 Å². The van der Waals surface area contributed by atoms with E-state index < -0.39 is 0 Å². The molecule has 2 atom stereocenters. The van der Waals surface area contributed by atoms with Gasteiger partial charge in [0.05, 0.1) is 6.10 Å². The monoisotopic (exact) mass is 243 g/mol. The van der Waals surface area contributed by atoms with Crippen molar-refractivity contribution in [1.82, 2.24) is 0 Å². The van der Waals surface area contributed by atoms with Gasteiger partial charge in [-0.2, -0.15) is 0 Å². The summed E-state index contributed by atoms with van der Waals surface area (Å²) in [6, 6.07) is -0.0214. The molecule has 0 fully saturated rings. The first-order valence-corrected chi connectivity index (χ1v) is 4.74. The number of hydrogen-bond acceptors (Lipinski definition) is 2. The van der Waals surface area contributed by atoms with Crippen LogP contribution in [0.15, 0.2) is 0 Å². The Morgan fingerprint density at radius 2 is 2.22 bits per heavy atom. The number of halogens is 1. The zero-order chi connectivity index (χ0) is 7.28. The molecule has 0 radical (unpaired) electrons. The summed E-state index contributed by atoms with van der Waals surface area (Å²) in [6.07, 6.45) is 1.66. The lowest BCUT2D eigenvalue weighted by Crippen LogP contribution is -2.35. The van der Waals surface area contributed by atoms with Gasteiger partial charge in [-0.25, -0.2) is 0 Å². The normalized spacial score (nSPS) is 17.3. The second-order valence-electron chi connectivity index (χ2n) is 2.17. The second-order valence-corrected chi connectivity index (χ2v) is 3.05. The number of aliphatic hydroxyl groups is 1. The Labute approximate surface area is 70.0 Å². The van der Waals surface area contributed by atoms with E-state index in [1.165, 1.54) is 0 Å². The van der Waals surface area contributed by atoms with Crippen molar-refractivity contribution in [2.45, 2.75) is 31.9 Å². The standard InChI is InChI=1S/C6H14INO/c1-2-3-5(8)6(9)4-7/h5-6,9H,2-4,8H2,1H3. The predicted molar refractivity (Wildman–Crippen MR) is 47.8 cm³/mol. The first-order chi connectivity index (χ1) is 4.22. The number of nitrogens with two attached hydrogens (primary N) is 1. The van der Waals surface area contributed by atoms with Crippen LogP contribution in [0.2, 0.25) is 0 Å². The second kappa shape index (κ2) is 5.44. The van der Waals surface area contributed by atoms with Crippen LogP contribution >= 0.6 is 22.6 Å². The Bertz CT molecular complexity index is 70.1. The van der Waals surface area contributed by atoms with E-state index in [2.05, 4.69) is 29.5 Å². The van der Waals surface area contributed by atoms with Gasteiger partial charge in [0.25, 0.3) is 0 Å². The van der Waals surface area contributed by atoms with E-state index in [-0.39, 0.29) is 12.1 Å². The maximum Gasteiger partial charge on any atom is 0.0780 e. The summed E-state index contributed by atoms with van der Waals surface area (Å²) < 4.78 is 0.735. The number of rotatable bonds is 4. The van der Waals surface area contributed by atoms with Gasteiger partial charge in [0.2, 0.25) is 0 Å². The van der Waals surface area contributed by atoms with Gasteiger partial charge in [-0.1, -0.05) is 35.9 Å². The summed E-state index contributed by atoms with van der Waals surface area (Å²) in [5.74, 6) is 0. The fraction of sp³-hybridized carbons (Fsp3) is 1.00. The minimum Gasteiger partial charge on any atom is -0.391 e. The Kier molecular flexibility index (Phi) is 5.83. The molecule has 0 saturated heterocycles. The summed E-state index contributed by atoms with van der Waals surface area (Å²) in [5, 5.41) is 9.13. The smallest absolute Gasteiger partial charge is 0.0780 e. The van der Waals surface area contributed by atoms with Crippen molar-refractivity contribution in [3.05, 3.63) is 0 Å². The molecule has 0 bridgehead atoms. The molecule has 0 heterocycles. The van der Waals surface area contributed by atoms with Gasteiger partial charge >= 0.3 is 0 Å². The summed E-state index contributed by atoms with van der Waals surface area (Å²) in [7, 11) is 0. The fourth-order valence-corrected chi connectivity index (χ4v) is 1.29. The van der Waals surface area contributed by atoms with Gasteiger partial charge in [-0.05, 0) is 6.42 Å². The van der Waals surface area contributed by atoms with Crippen molar-refractivity contribution in [2.24, 2.45) is 5.73 Å². The highest BCUT2D eigenvalue weighted by atomic mass is 127. The lowest BCUT2D eigenvalue weighted by atomic mass is 10.1. The van der Waals surface area contributed by atoms with Crippen molar-refractivity contribution >= 4 is 22.6 Å². The third kappa shape index (κ3) is 4.11. The van der Waals surface area contributed by atoms with Crippen LogP contribution in [0.3, 0.4) is 0 Å². The van der Waals surface area contributed by atoms with E-state index >= 15 is 0 Å². The van der Waals surface area contributed by atoms with Crippen LogP contribution in [0.1, 0.15) is 19.8 Å². The van der Waals surface area contributed by atoms with Crippen molar-refractivity contribution in [3.8, 4) is 0 Å². The number of hydrogen-bond donors (Lipinski definition) is 2. The molecule has 0 aliphatic heterocycles. The van der Waals surface area contributed by atoms with E-state index in [0.717, 1.165) is 17.3 Å². The number of aliphatic hydroxyl groups excluding tert-OH is 1.